The summed E-state index contributed by atoms with van der Waals surface area (Å²) in [4.78, 5) is 23.8. The van der Waals surface area contributed by atoms with E-state index in [1.807, 2.05) is 5.32 Å². The van der Waals surface area contributed by atoms with Crippen LogP contribution in [0.15, 0.2) is 40.9 Å². The molecule has 36 heavy (non-hydrogen) atoms. The number of allylic oxidation sites excluding steroid dienone is 1. The molecular formula is C22H16BrCl3F6N2O2. The van der Waals surface area contributed by atoms with Crippen LogP contribution in [0.1, 0.15) is 40.7 Å². The molecule has 0 saturated carbocycles. The second-order valence-corrected chi connectivity index (χ2v) is 9.52. The molecule has 2 amide bonds. The van der Waals surface area contributed by atoms with E-state index >= 15 is 0 Å². The normalized spacial score (nSPS) is 14.0. The van der Waals surface area contributed by atoms with Crippen molar-refractivity contribution < 1.29 is 35.9 Å². The van der Waals surface area contributed by atoms with Crippen molar-refractivity contribution in [3.05, 3.63) is 72.6 Å². The monoisotopic (exact) mass is 638 g/mol. The third-order valence-electron chi connectivity index (χ3n) is 4.52. The molecule has 196 valence electrons. The van der Waals surface area contributed by atoms with Gasteiger partial charge in [0.05, 0.1) is 32.7 Å². The third kappa shape index (κ3) is 8.86. The minimum Gasteiger partial charge on any atom is -0.336 e. The van der Waals surface area contributed by atoms with Gasteiger partial charge in [0.2, 0.25) is 5.91 Å². The predicted molar refractivity (Wildman–Crippen MR) is 129 cm³/mol. The fourth-order valence-corrected chi connectivity index (χ4v) is 4.17. The lowest BCUT2D eigenvalue weighted by Gasteiger charge is -2.18. The van der Waals surface area contributed by atoms with Crippen LogP contribution in [0.4, 0.5) is 26.3 Å². The van der Waals surface area contributed by atoms with Crippen molar-refractivity contribution in [3.63, 3.8) is 0 Å². The zero-order chi connectivity index (χ0) is 27.4. The van der Waals surface area contributed by atoms with Crippen molar-refractivity contribution >= 4 is 68.6 Å². The maximum atomic E-state index is 13.7. The summed E-state index contributed by atoms with van der Waals surface area (Å²) in [6.45, 7) is 1.27. The molecule has 2 aromatic carbocycles. The van der Waals surface area contributed by atoms with E-state index in [0.29, 0.717) is 5.56 Å². The fourth-order valence-electron chi connectivity index (χ4n) is 2.98. The Morgan fingerprint density at radius 1 is 1.00 bits per heavy atom. The number of halogens is 10. The number of carbonyl (C=O) groups excluding carboxylic acids is 2. The van der Waals surface area contributed by atoms with Gasteiger partial charge in [0, 0.05) is 4.47 Å². The Bertz CT molecular complexity index is 1150. The summed E-state index contributed by atoms with van der Waals surface area (Å²) in [6.07, 6.45) is -10.1. The molecule has 0 heterocycles. The second-order valence-electron chi connectivity index (χ2n) is 7.47. The maximum absolute atomic E-state index is 13.7. The van der Waals surface area contributed by atoms with Gasteiger partial charge >= 0.3 is 12.4 Å². The highest BCUT2D eigenvalue weighted by molar-refractivity contribution is 9.10. The molecule has 14 heteroatoms. The van der Waals surface area contributed by atoms with Gasteiger partial charge < -0.3 is 10.6 Å². The number of rotatable bonds is 7. The van der Waals surface area contributed by atoms with Crippen molar-refractivity contribution in [1.29, 1.82) is 0 Å². The van der Waals surface area contributed by atoms with Gasteiger partial charge in [-0.3, -0.25) is 9.59 Å². The molecule has 0 spiro atoms. The van der Waals surface area contributed by atoms with Crippen LogP contribution < -0.4 is 10.6 Å². The van der Waals surface area contributed by atoms with E-state index in [1.165, 1.54) is 31.2 Å². The largest absolute Gasteiger partial charge is 0.399 e. The lowest BCUT2D eigenvalue weighted by Crippen LogP contribution is -2.46. The average Bonchev–Trinajstić information content (AvgIpc) is 2.69. The smallest absolute Gasteiger partial charge is 0.336 e. The van der Waals surface area contributed by atoms with Gasteiger partial charge in [0.1, 0.15) is 6.42 Å². The highest BCUT2D eigenvalue weighted by Crippen LogP contribution is 2.41. The lowest BCUT2D eigenvalue weighted by atomic mass is 9.97. The minimum atomic E-state index is -4.70. The van der Waals surface area contributed by atoms with E-state index in [0.717, 1.165) is 18.2 Å². The van der Waals surface area contributed by atoms with Gasteiger partial charge in [-0.05, 0) is 58.2 Å². The molecule has 0 saturated heterocycles. The van der Waals surface area contributed by atoms with Crippen molar-refractivity contribution in [3.8, 4) is 0 Å². The van der Waals surface area contributed by atoms with Gasteiger partial charge in [0.15, 0.2) is 0 Å². The zero-order valence-corrected chi connectivity index (χ0v) is 21.9. The summed E-state index contributed by atoms with van der Waals surface area (Å²) in [5.74, 6) is -4.12. The average molecular weight is 641 g/mol. The van der Waals surface area contributed by atoms with E-state index in [1.54, 1.807) is 0 Å². The summed E-state index contributed by atoms with van der Waals surface area (Å²) in [7, 11) is 0. The minimum absolute atomic E-state index is 0.0349. The summed E-state index contributed by atoms with van der Waals surface area (Å²) in [5, 5.41) is 3.96. The first-order valence-corrected chi connectivity index (χ1v) is 11.8. The van der Waals surface area contributed by atoms with Gasteiger partial charge in [0.25, 0.3) is 5.91 Å². The molecule has 0 radical (unpaired) electrons. The zero-order valence-electron chi connectivity index (χ0n) is 18.0. The maximum Gasteiger partial charge on any atom is 0.399 e. The summed E-state index contributed by atoms with van der Waals surface area (Å²) >= 11 is 20.7. The fraction of sp³-hybridized carbons (Fsp3) is 0.273. The highest BCUT2D eigenvalue weighted by atomic mass is 79.9. The van der Waals surface area contributed by atoms with Gasteiger partial charge in [-0.2, -0.15) is 26.3 Å². The molecule has 2 rings (SSSR count). The number of benzene rings is 2. The van der Waals surface area contributed by atoms with E-state index < -0.39 is 42.7 Å². The van der Waals surface area contributed by atoms with Crippen LogP contribution in [-0.2, 0) is 4.79 Å². The van der Waals surface area contributed by atoms with Crippen molar-refractivity contribution in [2.24, 2.45) is 0 Å². The summed E-state index contributed by atoms with van der Waals surface area (Å²) in [6, 6.07) is 6.15. The Labute approximate surface area is 225 Å². The van der Waals surface area contributed by atoms with Crippen LogP contribution >= 0.6 is 50.7 Å². The standard InChI is InChI=1S/C22H16BrCl3F6N2O2/c1-10(33-18(35)9-21(27,28)29)34-20(36)13-4-2-11(6-15(13)23)3-5-14(22(30,31)32)12-7-16(24)19(26)17(25)8-12/h2-8,10,14H,9H2,1H3,(H,33,35)(H,34,36)/b5-3+/t10-,14?/m1/s1. The summed E-state index contributed by atoms with van der Waals surface area (Å²) < 4.78 is 78.1. The molecule has 0 fully saturated rings. The van der Waals surface area contributed by atoms with E-state index in [2.05, 4.69) is 21.2 Å². The molecule has 2 N–H and O–H groups in total. The molecule has 0 aliphatic rings. The first-order chi connectivity index (χ1) is 16.5. The first kappa shape index (κ1) is 30.3. The Kier molecular flexibility index (Phi) is 10.1. The van der Waals surface area contributed by atoms with E-state index in [9.17, 15) is 35.9 Å². The molecule has 1 unspecified atom stereocenters. The van der Waals surface area contributed by atoms with Crippen molar-refractivity contribution in [2.45, 2.75) is 37.8 Å². The number of hydrogen-bond donors (Lipinski definition) is 2. The molecule has 0 aliphatic carbocycles. The van der Waals surface area contributed by atoms with Gasteiger partial charge in [-0.25, -0.2) is 0 Å². The third-order valence-corrected chi connectivity index (χ3v) is 6.38. The first-order valence-electron chi connectivity index (χ1n) is 9.84. The molecule has 2 aromatic rings. The van der Waals surface area contributed by atoms with Crippen LogP contribution in [0.25, 0.3) is 6.08 Å². The van der Waals surface area contributed by atoms with Crippen LogP contribution in [0, 0.1) is 0 Å². The molecule has 0 aliphatic heterocycles. The van der Waals surface area contributed by atoms with Crippen molar-refractivity contribution in [2.75, 3.05) is 0 Å². The predicted octanol–water partition coefficient (Wildman–Crippen LogP) is 7.91. The Morgan fingerprint density at radius 2 is 1.58 bits per heavy atom. The van der Waals surface area contributed by atoms with Crippen LogP contribution in [0.3, 0.4) is 0 Å². The van der Waals surface area contributed by atoms with E-state index in [4.69, 9.17) is 34.8 Å². The number of amides is 2. The van der Waals surface area contributed by atoms with Crippen LogP contribution in [-0.4, -0.2) is 30.3 Å². The SMILES string of the molecule is C[C@H](NC(=O)CC(F)(F)F)NC(=O)c1ccc(/C=C/C(c2cc(Cl)c(Cl)c(Cl)c2)C(F)(F)F)cc1Br. The van der Waals surface area contributed by atoms with Crippen molar-refractivity contribution in [1.82, 2.24) is 10.6 Å². The Balaban J connectivity index is 2.18. The molecule has 4 nitrogen and oxygen atoms in total. The van der Waals surface area contributed by atoms with Crippen LogP contribution in [0.5, 0.6) is 0 Å². The van der Waals surface area contributed by atoms with Gasteiger partial charge in [-0.1, -0.05) is 53.0 Å². The molecule has 0 bridgehead atoms. The van der Waals surface area contributed by atoms with Crippen LogP contribution in [0.2, 0.25) is 15.1 Å². The molecule has 2 atom stereocenters. The lowest BCUT2D eigenvalue weighted by molar-refractivity contribution is -0.154. The molecule has 0 aromatic heterocycles. The number of hydrogen-bond acceptors (Lipinski definition) is 2. The number of nitrogens with one attached hydrogen (secondary N) is 2. The summed E-state index contributed by atoms with van der Waals surface area (Å²) in [5.41, 5.74) is 0.104. The number of carbonyl (C=O) groups is 2. The van der Waals surface area contributed by atoms with E-state index in [-0.39, 0.29) is 30.7 Å². The quantitative estimate of drug-likeness (QED) is 0.184. The highest BCUT2D eigenvalue weighted by Gasteiger charge is 2.39. The topological polar surface area (TPSA) is 58.2 Å². The van der Waals surface area contributed by atoms with Gasteiger partial charge in [-0.15, -0.1) is 0 Å². The Hall–Kier alpha value is -1.95. The number of alkyl halides is 6. The Morgan fingerprint density at radius 3 is 2.08 bits per heavy atom. The molecular weight excluding hydrogens is 625 g/mol. The second kappa shape index (κ2) is 12.1.